The number of hydrogen-bond acceptors (Lipinski definition) is 3. The maximum Gasteiger partial charge on any atom is 0.416 e. The maximum atomic E-state index is 12.8. The number of amides is 2. The lowest BCUT2D eigenvalue weighted by atomic mass is 9.91. The molecule has 3 N–H and O–H groups in total. The molecular formula is C19H24F3N3O2. The number of nitrogens with one attached hydrogen (secondary N) is 1. The fourth-order valence-corrected chi connectivity index (χ4v) is 3.75. The molecule has 1 saturated heterocycles. The van der Waals surface area contributed by atoms with E-state index in [1.165, 1.54) is 11.0 Å². The van der Waals surface area contributed by atoms with Crippen LogP contribution < -0.4 is 11.1 Å². The molecule has 2 amide bonds. The zero-order chi connectivity index (χ0) is 19.6. The molecule has 1 saturated carbocycles. The van der Waals surface area contributed by atoms with Gasteiger partial charge in [0.25, 0.3) is 0 Å². The van der Waals surface area contributed by atoms with Gasteiger partial charge in [-0.3, -0.25) is 9.59 Å². The molecule has 0 radical (unpaired) electrons. The summed E-state index contributed by atoms with van der Waals surface area (Å²) in [6.45, 7) is 0.304. The third kappa shape index (κ3) is 5.00. The lowest BCUT2D eigenvalue weighted by Gasteiger charge is -2.27. The standard InChI is InChI=1S/C19H24F3N3O2/c20-19(21,22)14-3-1-2-12(8-14)10-25-11-13(9-17(25)26)18(27)24-16-6-4-15(23)5-7-16/h1-3,8,13,15-16H,4-7,9-11,23H2,(H,24,27). The lowest BCUT2D eigenvalue weighted by Crippen LogP contribution is -2.43. The second-order valence-corrected chi connectivity index (χ2v) is 7.49. The number of carbonyl (C=O) groups excluding carboxylic acids is 2. The van der Waals surface area contributed by atoms with Crippen molar-refractivity contribution in [2.45, 2.75) is 56.9 Å². The van der Waals surface area contributed by atoms with Crippen LogP contribution in [0.2, 0.25) is 0 Å². The van der Waals surface area contributed by atoms with Crippen molar-refractivity contribution in [1.29, 1.82) is 0 Å². The van der Waals surface area contributed by atoms with Crippen LogP contribution in [0.25, 0.3) is 0 Å². The maximum absolute atomic E-state index is 12.8. The van der Waals surface area contributed by atoms with Gasteiger partial charge in [0.1, 0.15) is 0 Å². The lowest BCUT2D eigenvalue weighted by molar-refractivity contribution is -0.137. The summed E-state index contributed by atoms with van der Waals surface area (Å²) in [4.78, 5) is 26.1. The fourth-order valence-electron chi connectivity index (χ4n) is 3.75. The van der Waals surface area contributed by atoms with Crippen LogP contribution in [0, 0.1) is 5.92 Å². The first-order valence-electron chi connectivity index (χ1n) is 9.22. The first-order valence-corrected chi connectivity index (χ1v) is 9.22. The van der Waals surface area contributed by atoms with Crippen LogP contribution in [-0.2, 0) is 22.3 Å². The molecule has 27 heavy (non-hydrogen) atoms. The summed E-state index contributed by atoms with van der Waals surface area (Å²) in [7, 11) is 0. The Hall–Kier alpha value is -2.09. The number of halogens is 3. The van der Waals surface area contributed by atoms with Crippen LogP contribution >= 0.6 is 0 Å². The molecule has 3 rings (SSSR count). The van der Waals surface area contributed by atoms with Gasteiger partial charge in [0.05, 0.1) is 11.5 Å². The third-order valence-corrected chi connectivity index (χ3v) is 5.33. The molecule has 0 bridgehead atoms. The van der Waals surface area contributed by atoms with Crippen LogP contribution in [0.3, 0.4) is 0 Å². The SMILES string of the molecule is NC1CCC(NC(=O)C2CC(=O)N(Cc3cccc(C(F)(F)F)c3)C2)CC1. The summed E-state index contributed by atoms with van der Waals surface area (Å²) in [5.74, 6) is -0.826. The van der Waals surface area contributed by atoms with Gasteiger partial charge in [-0.1, -0.05) is 12.1 Å². The molecule has 1 aromatic carbocycles. The molecule has 2 aliphatic rings. The molecule has 1 aromatic rings. The monoisotopic (exact) mass is 383 g/mol. The Bertz CT molecular complexity index is 700. The highest BCUT2D eigenvalue weighted by molar-refractivity contribution is 5.89. The van der Waals surface area contributed by atoms with Crippen molar-refractivity contribution < 1.29 is 22.8 Å². The smallest absolute Gasteiger partial charge is 0.353 e. The van der Waals surface area contributed by atoms with Gasteiger partial charge in [-0.2, -0.15) is 13.2 Å². The van der Waals surface area contributed by atoms with Gasteiger partial charge in [-0.15, -0.1) is 0 Å². The molecule has 148 valence electrons. The highest BCUT2D eigenvalue weighted by Crippen LogP contribution is 2.30. The average molecular weight is 383 g/mol. The average Bonchev–Trinajstić information content (AvgIpc) is 2.97. The molecule has 1 aliphatic carbocycles. The molecule has 1 aliphatic heterocycles. The molecule has 0 aromatic heterocycles. The summed E-state index contributed by atoms with van der Waals surface area (Å²) in [6, 6.07) is 5.21. The number of rotatable bonds is 4. The van der Waals surface area contributed by atoms with Crippen molar-refractivity contribution >= 4 is 11.8 Å². The zero-order valence-corrected chi connectivity index (χ0v) is 15.0. The van der Waals surface area contributed by atoms with E-state index in [9.17, 15) is 22.8 Å². The number of nitrogens with two attached hydrogens (primary N) is 1. The van der Waals surface area contributed by atoms with Crippen LogP contribution in [0.5, 0.6) is 0 Å². The highest BCUT2D eigenvalue weighted by Gasteiger charge is 2.36. The van der Waals surface area contributed by atoms with E-state index in [4.69, 9.17) is 5.73 Å². The molecule has 1 unspecified atom stereocenters. The largest absolute Gasteiger partial charge is 0.416 e. The summed E-state index contributed by atoms with van der Waals surface area (Å²) in [5.41, 5.74) is 5.53. The zero-order valence-electron chi connectivity index (χ0n) is 15.0. The normalized spacial score (nSPS) is 26.3. The molecule has 1 atom stereocenters. The van der Waals surface area contributed by atoms with Crippen molar-refractivity contribution in [3.8, 4) is 0 Å². The Labute approximate surface area is 156 Å². The van der Waals surface area contributed by atoms with E-state index in [0.717, 1.165) is 37.8 Å². The highest BCUT2D eigenvalue weighted by atomic mass is 19.4. The third-order valence-electron chi connectivity index (χ3n) is 5.33. The fraction of sp³-hybridized carbons (Fsp3) is 0.579. The van der Waals surface area contributed by atoms with E-state index in [-0.39, 0.29) is 43.4 Å². The van der Waals surface area contributed by atoms with Gasteiger partial charge in [-0.05, 0) is 43.4 Å². The second kappa shape index (κ2) is 7.88. The van der Waals surface area contributed by atoms with E-state index in [0.29, 0.717) is 5.56 Å². The minimum atomic E-state index is -4.42. The van der Waals surface area contributed by atoms with E-state index in [2.05, 4.69) is 5.32 Å². The van der Waals surface area contributed by atoms with Crippen LogP contribution in [0.1, 0.15) is 43.2 Å². The van der Waals surface area contributed by atoms with E-state index in [1.54, 1.807) is 6.07 Å². The topological polar surface area (TPSA) is 75.4 Å². The van der Waals surface area contributed by atoms with E-state index >= 15 is 0 Å². The minimum Gasteiger partial charge on any atom is -0.353 e. The first kappa shape index (κ1) is 19.7. The minimum absolute atomic E-state index is 0.0742. The predicted octanol–water partition coefficient (Wildman–Crippen LogP) is 2.44. The quantitative estimate of drug-likeness (QED) is 0.839. The van der Waals surface area contributed by atoms with Gasteiger partial charge < -0.3 is 16.0 Å². The second-order valence-electron chi connectivity index (χ2n) is 7.49. The van der Waals surface area contributed by atoms with Crippen molar-refractivity contribution in [2.24, 2.45) is 11.7 Å². The van der Waals surface area contributed by atoms with Gasteiger partial charge in [0.2, 0.25) is 11.8 Å². The molecule has 8 heteroatoms. The first-order chi connectivity index (χ1) is 12.7. The molecule has 5 nitrogen and oxygen atoms in total. The Morgan fingerprint density at radius 2 is 1.93 bits per heavy atom. The van der Waals surface area contributed by atoms with Crippen LogP contribution in [-0.4, -0.2) is 35.3 Å². The van der Waals surface area contributed by atoms with Crippen molar-refractivity contribution in [1.82, 2.24) is 10.2 Å². The van der Waals surface area contributed by atoms with Gasteiger partial charge in [-0.25, -0.2) is 0 Å². The van der Waals surface area contributed by atoms with Gasteiger partial charge in [0, 0.05) is 31.6 Å². The van der Waals surface area contributed by atoms with E-state index < -0.39 is 17.7 Å². The molecular weight excluding hydrogens is 359 g/mol. The van der Waals surface area contributed by atoms with Crippen LogP contribution in [0.15, 0.2) is 24.3 Å². The van der Waals surface area contributed by atoms with Crippen molar-refractivity contribution in [2.75, 3.05) is 6.54 Å². The Morgan fingerprint density at radius 3 is 2.59 bits per heavy atom. The number of nitrogens with zero attached hydrogens (tertiary/aromatic N) is 1. The number of carbonyl (C=O) groups is 2. The Morgan fingerprint density at radius 1 is 1.22 bits per heavy atom. The Kier molecular flexibility index (Phi) is 5.74. The Balaban J connectivity index is 1.56. The number of hydrogen-bond donors (Lipinski definition) is 2. The summed E-state index contributed by atoms with van der Waals surface area (Å²) in [6.07, 6.45) is -0.914. The molecule has 2 fully saturated rings. The van der Waals surface area contributed by atoms with Crippen molar-refractivity contribution in [3.63, 3.8) is 0 Å². The van der Waals surface area contributed by atoms with Crippen molar-refractivity contribution in [3.05, 3.63) is 35.4 Å². The van der Waals surface area contributed by atoms with Gasteiger partial charge in [0.15, 0.2) is 0 Å². The molecule has 0 spiro atoms. The van der Waals surface area contributed by atoms with Gasteiger partial charge >= 0.3 is 6.18 Å². The number of likely N-dealkylation sites (tertiary alicyclic amines) is 1. The summed E-state index contributed by atoms with van der Waals surface area (Å²) >= 11 is 0. The summed E-state index contributed by atoms with van der Waals surface area (Å²) < 4.78 is 38.5. The number of alkyl halides is 3. The number of benzene rings is 1. The summed E-state index contributed by atoms with van der Waals surface area (Å²) in [5, 5.41) is 2.99. The van der Waals surface area contributed by atoms with E-state index in [1.807, 2.05) is 0 Å². The molecule has 1 heterocycles. The predicted molar refractivity (Wildman–Crippen MR) is 93.3 cm³/mol. The van der Waals surface area contributed by atoms with Crippen LogP contribution in [0.4, 0.5) is 13.2 Å².